The summed E-state index contributed by atoms with van der Waals surface area (Å²) in [5.41, 5.74) is 4.02. The first kappa shape index (κ1) is 13.2. The number of hydrogen-bond donors (Lipinski definition) is 0. The zero-order valence-corrected chi connectivity index (χ0v) is 11.9. The number of ether oxygens (including phenoxy) is 1. The smallest absolute Gasteiger partial charge is 0.155 e. The van der Waals surface area contributed by atoms with E-state index < -0.39 is 0 Å². The first-order valence-electron chi connectivity index (χ1n) is 7.22. The van der Waals surface area contributed by atoms with Crippen LogP contribution >= 0.6 is 0 Å². The normalized spacial score (nSPS) is 24.4. The van der Waals surface area contributed by atoms with Crippen LogP contribution in [0, 0.1) is 0 Å². The second kappa shape index (κ2) is 4.93. The Morgan fingerprint density at radius 2 is 2.20 bits per heavy atom. The second-order valence-corrected chi connectivity index (χ2v) is 5.73. The predicted octanol–water partition coefficient (Wildman–Crippen LogP) is 3.74. The molecule has 0 N–H and O–H groups in total. The fourth-order valence-corrected chi connectivity index (χ4v) is 3.75. The Hall–Kier alpha value is -1.83. The number of aryl methyl sites for hydroxylation is 1. The van der Waals surface area contributed by atoms with Gasteiger partial charge in [0, 0.05) is 11.8 Å². The number of fused-ring (bicyclic) bond motifs is 3. The summed E-state index contributed by atoms with van der Waals surface area (Å²) in [6.45, 7) is 3.93. The third-order valence-corrected chi connectivity index (χ3v) is 4.73. The van der Waals surface area contributed by atoms with Crippen LogP contribution in [0.5, 0.6) is 5.75 Å². The summed E-state index contributed by atoms with van der Waals surface area (Å²) in [5.74, 6) is 1.19. The van der Waals surface area contributed by atoms with E-state index in [0.717, 1.165) is 31.4 Å². The van der Waals surface area contributed by atoms with Crippen molar-refractivity contribution in [3.8, 4) is 5.75 Å². The van der Waals surface area contributed by atoms with Crippen LogP contribution in [0.3, 0.4) is 0 Å². The van der Waals surface area contributed by atoms with E-state index in [2.05, 4.69) is 18.7 Å². The molecule has 104 valence electrons. The van der Waals surface area contributed by atoms with Crippen LogP contribution in [0.25, 0.3) is 0 Å². The topological polar surface area (TPSA) is 26.3 Å². The molecule has 2 aliphatic carbocycles. The third-order valence-electron chi connectivity index (χ3n) is 4.73. The molecule has 0 heterocycles. The van der Waals surface area contributed by atoms with Gasteiger partial charge in [-0.3, -0.25) is 4.79 Å². The summed E-state index contributed by atoms with van der Waals surface area (Å²) < 4.78 is 5.34. The molecular weight excluding hydrogens is 248 g/mol. The highest BCUT2D eigenvalue weighted by Crippen LogP contribution is 2.49. The van der Waals surface area contributed by atoms with Crippen LogP contribution in [-0.4, -0.2) is 12.9 Å². The largest absolute Gasteiger partial charge is 0.497 e. The molecule has 0 fully saturated rings. The molecule has 0 radical (unpaired) electrons. The minimum absolute atomic E-state index is 0.00445. The average Bonchev–Trinajstić information content (AvgIpc) is 2.47. The first-order chi connectivity index (χ1) is 9.69. The highest BCUT2D eigenvalue weighted by atomic mass is 16.5. The van der Waals surface area contributed by atoms with E-state index >= 15 is 0 Å². The quantitative estimate of drug-likeness (QED) is 0.780. The molecule has 0 spiro atoms. The van der Waals surface area contributed by atoms with Gasteiger partial charge in [0.05, 0.1) is 7.11 Å². The summed E-state index contributed by atoms with van der Waals surface area (Å²) >= 11 is 0. The van der Waals surface area contributed by atoms with Crippen molar-refractivity contribution >= 4 is 5.78 Å². The molecular formula is C18H20O2. The number of hydrogen-bond acceptors (Lipinski definition) is 2. The fraction of sp³-hybridized carbons (Fsp3) is 0.389. The molecule has 1 atom stereocenters. The second-order valence-electron chi connectivity index (χ2n) is 5.73. The van der Waals surface area contributed by atoms with Crippen LogP contribution in [0.1, 0.15) is 36.8 Å². The SMILES string of the molecule is C=CC[C@]12CCC(=O)C=C1CCc1cc(OC)ccc12. The van der Waals surface area contributed by atoms with Gasteiger partial charge in [-0.05, 0) is 55.0 Å². The highest BCUT2D eigenvalue weighted by molar-refractivity contribution is 5.92. The van der Waals surface area contributed by atoms with Gasteiger partial charge in [0.25, 0.3) is 0 Å². The molecule has 0 saturated heterocycles. The van der Waals surface area contributed by atoms with E-state index in [4.69, 9.17) is 4.74 Å². The maximum atomic E-state index is 11.8. The van der Waals surface area contributed by atoms with Gasteiger partial charge in [-0.2, -0.15) is 0 Å². The van der Waals surface area contributed by atoms with Crippen molar-refractivity contribution in [2.45, 2.75) is 37.5 Å². The standard InChI is InChI=1S/C18H20O2/c1-3-9-18-10-8-15(19)12-14(18)5-4-13-11-16(20-2)6-7-17(13)18/h3,6-7,11-12H,1,4-5,8-10H2,2H3/t18-/m0/s1. The van der Waals surface area contributed by atoms with Crippen LogP contribution < -0.4 is 4.74 Å². The zero-order chi connectivity index (χ0) is 14.2. The number of allylic oxidation sites excluding steroid dienone is 3. The molecule has 3 rings (SSSR count). The Labute approximate surface area is 120 Å². The minimum Gasteiger partial charge on any atom is -0.497 e. The van der Waals surface area contributed by atoms with Crippen molar-refractivity contribution in [2.75, 3.05) is 7.11 Å². The van der Waals surface area contributed by atoms with Gasteiger partial charge < -0.3 is 4.74 Å². The summed E-state index contributed by atoms with van der Waals surface area (Å²) in [7, 11) is 1.70. The molecule has 1 aromatic carbocycles. The lowest BCUT2D eigenvalue weighted by Crippen LogP contribution is -2.36. The van der Waals surface area contributed by atoms with Gasteiger partial charge in [-0.25, -0.2) is 0 Å². The van der Waals surface area contributed by atoms with Gasteiger partial charge in [0.15, 0.2) is 5.78 Å². The molecule has 2 aliphatic rings. The fourth-order valence-electron chi connectivity index (χ4n) is 3.75. The maximum Gasteiger partial charge on any atom is 0.155 e. The summed E-state index contributed by atoms with van der Waals surface area (Å²) in [6, 6.07) is 6.36. The summed E-state index contributed by atoms with van der Waals surface area (Å²) in [6.07, 6.45) is 8.30. The Morgan fingerprint density at radius 1 is 1.35 bits per heavy atom. The van der Waals surface area contributed by atoms with Crippen LogP contribution in [-0.2, 0) is 16.6 Å². The average molecular weight is 268 g/mol. The number of rotatable bonds is 3. The van der Waals surface area contributed by atoms with E-state index in [9.17, 15) is 4.79 Å². The van der Waals surface area contributed by atoms with E-state index in [0.29, 0.717) is 6.42 Å². The summed E-state index contributed by atoms with van der Waals surface area (Å²) in [4.78, 5) is 11.8. The lowest BCUT2D eigenvalue weighted by atomic mass is 9.60. The summed E-state index contributed by atoms with van der Waals surface area (Å²) in [5, 5.41) is 0. The van der Waals surface area contributed by atoms with E-state index in [1.165, 1.54) is 16.7 Å². The number of carbonyl (C=O) groups excluding carboxylic acids is 1. The molecule has 2 heteroatoms. The molecule has 2 nitrogen and oxygen atoms in total. The van der Waals surface area contributed by atoms with Crippen molar-refractivity contribution in [1.82, 2.24) is 0 Å². The molecule has 0 amide bonds. The number of carbonyl (C=O) groups is 1. The van der Waals surface area contributed by atoms with Crippen LogP contribution in [0.2, 0.25) is 0 Å². The molecule has 0 saturated carbocycles. The zero-order valence-electron chi connectivity index (χ0n) is 11.9. The third kappa shape index (κ3) is 1.91. The first-order valence-corrected chi connectivity index (χ1v) is 7.22. The number of benzene rings is 1. The van der Waals surface area contributed by atoms with Crippen molar-refractivity contribution in [3.63, 3.8) is 0 Å². The Bertz CT molecular complexity index is 597. The highest BCUT2D eigenvalue weighted by Gasteiger charge is 2.41. The van der Waals surface area contributed by atoms with E-state index in [1.807, 2.05) is 18.2 Å². The number of methoxy groups -OCH3 is 1. The maximum absolute atomic E-state index is 11.8. The molecule has 0 aliphatic heterocycles. The number of ketones is 1. The van der Waals surface area contributed by atoms with Gasteiger partial charge >= 0.3 is 0 Å². The van der Waals surface area contributed by atoms with E-state index in [1.54, 1.807) is 7.11 Å². The van der Waals surface area contributed by atoms with Crippen LogP contribution in [0.4, 0.5) is 0 Å². The van der Waals surface area contributed by atoms with Crippen molar-refractivity contribution in [3.05, 3.63) is 53.6 Å². The molecule has 1 aromatic rings. The van der Waals surface area contributed by atoms with Gasteiger partial charge in [-0.1, -0.05) is 17.7 Å². The monoisotopic (exact) mass is 268 g/mol. The van der Waals surface area contributed by atoms with Gasteiger partial charge in [0.2, 0.25) is 0 Å². The van der Waals surface area contributed by atoms with Crippen molar-refractivity contribution in [1.29, 1.82) is 0 Å². The molecule has 0 bridgehead atoms. The Morgan fingerprint density at radius 3 is 2.95 bits per heavy atom. The Balaban J connectivity index is 2.16. The van der Waals surface area contributed by atoms with Crippen LogP contribution in [0.15, 0.2) is 42.5 Å². The molecule has 0 unspecified atom stereocenters. The minimum atomic E-state index is -0.00445. The van der Waals surface area contributed by atoms with Gasteiger partial charge in [0.1, 0.15) is 5.75 Å². The van der Waals surface area contributed by atoms with E-state index in [-0.39, 0.29) is 11.2 Å². The predicted molar refractivity (Wildman–Crippen MR) is 80.1 cm³/mol. The molecule has 20 heavy (non-hydrogen) atoms. The lowest BCUT2D eigenvalue weighted by molar-refractivity contribution is -0.115. The van der Waals surface area contributed by atoms with Gasteiger partial charge in [-0.15, -0.1) is 6.58 Å². The lowest BCUT2D eigenvalue weighted by Gasteiger charge is -2.43. The molecule has 0 aromatic heterocycles. The Kier molecular flexibility index (Phi) is 3.25. The van der Waals surface area contributed by atoms with Crippen molar-refractivity contribution < 1.29 is 9.53 Å². The van der Waals surface area contributed by atoms with Crippen molar-refractivity contribution in [2.24, 2.45) is 0 Å².